The van der Waals surface area contributed by atoms with Gasteiger partial charge in [-0.2, -0.15) is 0 Å². The van der Waals surface area contributed by atoms with E-state index in [0.717, 1.165) is 30.6 Å². The minimum absolute atomic E-state index is 0.110. The molecule has 160 valence electrons. The molecular weight excluding hydrogens is 388 g/mol. The molecule has 1 saturated heterocycles. The molecule has 29 heavy (non-hydrogen) atoms. The largest absolute Gasteiger partial charge is 0.487 e. The third kappa shape index (κ3) is 4.45. The van der Waals surface area contributed by atoms with Crippen LogP contribution in [-0.2, 0) is 14.8 Å². The number of piperidine rings is 1. The zero-order valence-corrected chi connectivity index (χ0v) is 18.0. The molecule has 1 amide bonds. The van der Waals surface area contributed by atoms with Gasteiger partial charge in [0.2, 0.25) is 15.9 Å². The number of hydrogen-bond donors (Lipinski definition) is 1. The molecule has 1 aliphatic carbocycles. The molecule has 1 N–H and O–H groups in total. The highest BCUT2D eigenvalue weighted by atomic mass is 32.2. The van der Waals surface area contributed by atoms with Gasteiger partial charge in [-0.25, -0.2) is 12.7 Å². The summed E-state index contributed by atoms with van der Waals surface area (Å²) in [5.41, 5.74) is 0.719. The van der Waals surface area contributed by atoms with Crippen LogP contribution >= 0.6 is 0 Å². The summed E-state index contributed by atoms with van der Waals surface area (Å²) < 4.78 is 32.9. The molecule has 0 bridgehead atoms. The lowest BCUT2D eigenvalue weighted by atomic mass is 9.76. The topological polar surface area (TPSA) is 75.7 Å². The summed E-state index contributed by atoms with van der Waals surface area (Å²) in [5, 5.41) is 3.16. The van der Waals surface area contributed by atoms with Crippen molar-refractivity contribution in [1.82, 2.24) is 9.62 Å². The number of nitrogens with one attached hydrogen (secondary N) is 1. The summed E-state index contributed by atoms with van der Waals surface area (Å²) in [5.74, 6) is 1.28. The maximum atomic E-state index is 12.6. The van der Waals surface area contributed by atoms with Crippen molar-refractivity contribution >= 4 is 15.9 Å². The molecule has 0 unspecified atom stereocenters. The summed E-state index contributed by atoms with van der Waals surface area (Å²) in [7, 11) is -3.18. The van der Waals surface area contributed by atoms with Gasteiger partial charge in [0.15, 0.2) is 0 Å². The number of carbonyl (C=O) groups is 1. The number of hydrogen-bond acceptors (Lipinski definition) is 4. The van der Waals surface area contributed by atoms with Gasteiger partial charge in [-0.1, -0.05) is 25.1 Å². The van der Waals surface area contributed by atoms with Crippen LogP contribution in [0, 0.1) is 0 Å². The van der Waals surface area contributed by atoms with Crippen molar-refractivity contribution in [3.8, 4) is 5.75 Å². The minimum Gasteiger partial charge on any atom is -0.487 e. The molecular formula is C22H32N2O4S. The molecule has 2 fully saturated rings. The highest BCUT2D eigenvalue weighted by Gasteiger charge is 2.45. The maximum absolute atomic E-state index is 12.6. The second kappa shape index (κ2) is 8.26. The van der Waals surface area contributed by atoms with E-state index < -0.39 is 10.0 Å². The second-order valence-electron chi connectivity index (χ2n) is 8.84. The first kappa shape index (κ1) is 20.7. The van der Waals surface area contributed by atoms with Gasteiger partial charge < -0.3 is 10.1 Å². The van der Waals surface area contributed by atoms with Crippen LogP contribution < -0.4 is 10.1 Å². The highest BCUT2D eigenvalue weighted by Crippen LogP contribution is 2.46. The SMILES string of the molecule is CCCS(=O)(=O)N1CCC2(CC1)C[C@@H](CC(=O)NC1CCC1)c1ccccc1O2. The van der Waals surface area contributed by atoms with Gasteiger partial charge >= 0.3 is 0 Å². The van der Waals surface area contributed by atoms with Crippen LogP contribution in [0.25, 0.3) is 0 Å². The molecule has 1 spiro atoms. The Morgan fingerprint density at radius 2 is 1.97 bits per heavy atom. The van der Waals surface area contributed by atoms with E-state index >= 15 is 0 Å². The fraction of sp³-hybridized carbons (Fsp3) is 0.682. The van der Waals surface area contributed by atoms with Crippen LogP contribution in [0.15, 0.2) is 24.3 Å². The van der Waals surface area contributed by atoms with Crippen molar-refractivity contribution in [2.45, 2.75) is 75.9 Å². The van der Waals surface area contributed by atoms with Crippen molar-refractivity contribution in [1.29, 1.82) is 0 Å². The highest BCUT2D eigenvalue weighted by molar-refractivity contribution is 7.89. The van der Waals surface area contributed by atoms with Gasteiger partial charge in [0, 0.05) is 44.3 Å². The standard InChI is InChI=1S/C22H32N2O4S/c1-2-14-29(26,27)24-12-10-22(11-13-24)16-17(15-21(25)23-18-6-5-7-18)19-8-3-4-9-20(19)28-22/h3-4,8-9,17-18H,2,5-7,10-16H2,1H3,(H,23,25)/t17-/m1/s1. The average Bonchev–Trinajstić information content (AvgIpc) is 2.65. The zero-order chi connectivity index (χ0) is 20.5. The van der Waals surface area contributed by atoms with Crippen LogP contribution in [0.4, 0.5) is 0 Å². The Morgan fingerprint density at radius 1 is 1.24 bits per heavy atom. The van der Waals surface area contributed by atoms with Gasteiger partial charge in [-0.05, 0) is 43.7 Å². The number of ether oxygens (including phenoxy) is 1. The Hall–Kier alpha value is -1.60. The van der Waals surface area contributed by atoms with E-state index in [1.165, 1.54) is 6.42 Å². The van der Waals surface area contributed by atoms with Crippen LogP contribution in [0.5, 0.6) is 5.75 Å². The first-order chi connectivity index (χ1) is 13.9. The van der Waals surface area contributed by atoms with E-state index in [-0.39, 0.29) is 23.2 Å². The van der Waals surface area contributed by atoms with Crippen LogP contribution in [-0.4, -0.2) is 49.1 Å². The normalized spacial score (nSPS) is 24.4. The minimum atomic E-state index is -3.18. The predicted octanol–water partition coefficient (Wildman–Crippen LogP) is 3.19. The van der Waals surface area contributed by atoms with Crippen molar-refractivity contribution in [2.24, 2.45) is 0 Å². The monoisotopic (exact) mass is 420 g/mol. The number of fused-ring (bicyclic) bond motifs is 1. The summed E-state index contributed by atoms with van der Waals surface area (Å²) >= 11 is 0. The van der Waals surface area contributed by atoms with Crippen LogP contribution in [0.3, 0.4) is 0 Å². The molecule has 0 aromatic heterocycles. The number of amides is 1. The Labute approximate surface area is 174 Å². The lowest BCUT2D eigenvalue weighted by molar-refractivity contribution is -0.123. The lowest BCUT2D eigenvalue weighted by Gasteiger charge is -2.46. The maximum Gasteiger partial charge on any atom is 0.220 e. The van der Waals surface area contributed by atoms with Crippen LogP contribution in [0.2, 0.25) is 0 Å². The van der Waals surface area contributed by atoms with Crippen molar-refractivity contribution in [3.05, 3.63) is 29.8 Å². The molecule has 2 aliphatic heterocycles. The van der Waals surface area contributed by atoms with E-state index in [2.05, 4.69) is 11.4 Å². The van der Waals surface area contributed by atoms with Crippen molar-refractivity contribution in [2.75, 3.05) is 18.8 Å². The summed E-state index contributed by atoms with van der Waals surface area (Å²) in [6.07, 6.45) is 6.58. The van der Waals surface area contributed by atoms with Crippen LogP contribution in [0.1, 0.15) is 69.8 Å². The summed E-state index contributed by atoms with van der Waals surface area (Å²) in [6, 6.07) is 8.34. The van der Waals surface area contributed by atoms with E-state index in [4.69, 9.17) is 4.74 Å². The van der Waals surface area contributed by atoms with E-state index in [1.807, 2.05) is 25.1 Å². The summed E-state index contributed by atoms with van der Waals surface area (Å²) in [6.45, 7) is 2.88. The molecule has 2 heterocycles. The van der Waals surface area contributed by atoms with Crippen molar-refractivity contribution < 1.29 is 17.9 Å². The zero-order valence-electron chi connectivity index (χ0n) is 17.2. The molecule has 3 aliphatic rings. The first-order valence-corrected chi connectivity index (χ1v) is 12.6. The quantitative estimate of drug-likeness (QED) is 0.767. The fourth-order valence-electron chi connectivity index (χ4n) is 4.85. The molecule has 0 radical (unpaired) electrons. The number of carbonyl (C=O) groups excluding carboxylic acids is 1. The number of nitrogens with zero attached hydrogens (tertiary/aromatic N) is 1. The predicted molar refractivity (Wildman–Crippen MR) is 112 cm³/mol. The fourth-order valence-corrected chi connectivity index (χ4v) is 6.37. The Bertz CT molecular complexity index is 842. The number of rotatable bonds is 6. The third-order valence-electron chi connectivity index (χ3n) is 6.69. The molecule has 1 aromatic carbocycles. The molecule has 7 heteroatoms. The van der Waals surface area contributed by atoms with Gasteiger partial charge in [-0.15, -0.1) is 0 Å². The number of para-hydroxylation sites is 1. The van der Waals surface area contributed by atoms with Gasteiger partial charge in [-0.3, -0.25) is 4.79 Å². The number of benzene rings is 1. The molecule has 1 saturated carbocycles. The van der Waals surface area contributed by atoms with E-state index in [1.54, 1.807) is 4.31 Å². The van der Waals surface area contributed by atoms with E-state index in [0.29, 0.717) is 44.8 Å². The molecule has 4 rings (SSSR count). The average molecular weight is 421 g/mol. The molecule has 1 aromatic rings. The third-order valence-corrected chi connectivity index (χ3v) is 8.77. The smallest absolute Gasteiger partial charge is 0.220 e. The second-order valence-corrected chi connectivity index (χ2v) is 10.9. The Balaban J connectivity index is 1.47. The lowest BCUT2D eigenvalue weighted by Crippen LogP contribution is -2.52. The summed E-state index contributed by atoms with van der Waals surface area (Å²) in [4.78, 5) is 12.6. The molecule has 1 atom stereocenters. The van der Waals surface area contributed by atoms with E-state index in [9.17, 15) is 13.2 Å². The Morgan fingerprint density at radius 3 is 2.62 bits per heavy atom. The Kier molecular flexibility index (Phi) is 5.89. The van der Waals surface area contributed by atoms with Gasteiger partial charge in [0.25, 0.3) is 0 Å². The first-order valence-electron chi connectivity index (χ1n) is 11.0. The van der Waals surface area contributed by atoms with Crippen molar-refractivity contribution in [3.63, 3.8) is 0 Å². The number of sulfonamides is 1. The van der Waals surface area contributed by atoms with Gasteiger partial charge in [0.1, 0.15) is 11.4 Å². The molecule has 6 nitrogen and oxygen atoms in total. The van der Waals surface area contributed by atoms with Gasteiger partial charge in [0.05, 0.1) is 5.75 Å².